The van der Waals surface area contributed by atoms with Gasteiger partial charge in [0.05, 0.1) is 5.69 Å². The first-order valence-corrected chi connectivity index (χ1v) is 7.07. The van der Waals surface area contributed by atoms with Gasteiger partial charge in [0.15, 0.2) is 0 Å². The molecule has 0 bridgehead atoms. The fourth-order valence-corrected chi connectivity index (χ4v) is 2.51. The highest BCUT2D eigenvalue weighted by molar-refractivity contribution is 7.07. The molecule has 0 saturated heterocycles. The lowest BCUT2D eigenvalue weighted by molar-refractivity contribution is 0.550. The van der Waals surface area contributed by atoms with E-state index in [0.29, 0.717) is 0 Å². The lowest BCUT2D eigenvalue weighted by atomic mass is 10.2. The van der Waals surface area contributed by atoms with Crippen molar-refractivity contribution in [1.82, 2.24) is 15.1 Å². The van der Waals surface area contributed by atoms with Gasteiger partial charge < -0.3 is 5.32 Å². The van der Waals surface area contributed by atoms with E-state index in [1.54, 1.807) is 11.3 Å². The molecule has 4 heteroatoms. The van der Waals surface area contributed by atoms with Gasteiger partial charge in [0.1, 0.15) is 0 Å². The van der Waals surface area contributed by atoms with Crippen molar-refractivity contribution in [2.45, 2.75) is 32.9 Å². The van der Waals surface area contributed by atoms with Crippen LogP contribution in [0.25, 0.3) is 0 Å². The van der Waals surface area contributed by atoms with Crippen molar-refractivity contribution >= 4 is 11.3 Å². The maximum atomic E-state index is 4.31. The van der Waals surface area contributed by atoms with Gasteiger partial charge in [0.25, 0.3) is 0 Å². The molecule has 2 aromatic rings. The summed E-state index contributed by atoms with van der Waals surface area (Å²) in [5.41, 5.74) is 2.70. The van der Waals surface area contributed by atoms with E-state index in [4.69, 9.17) is 0 Å². The number of nitrogens with zero attached hydrogens (tertiary/aromatic N) is 2. The average molecular weight is 249 g/mol. The fraction of sp³-hybridized carbons (Fsp3) is 0.462. The second-order valence-corrected chi connectivity index (χ2v) is 4.88. The zero-order valence-corrected chi connectivity index (χ0v) is 11.0. The summed E-state index contributed by atoms with van der Waals surface area (Å²) < 4.78 is 2.08. The molecule has 0 unspecified atom stereocenters. The highest BCUT2D eigenvalue weighted by Crippen LogP contribution is 2.06. The average Bonchev–Trinajstić information content (AvgIpc) is 2.96. The molecule has 0 radical (unpaired) electrons. The van der Waals surface area contributed by atoms with Gasteiger partial charge in [-0.05, 0) is 47.8 Å². The Bertz CT molecular complexity index is 420. The molecule has 0 saturated carbocycles. The molecule has 2 rings (SSSR count). The largest absolute Gasteiger partial charge is 0.311 e. The minimum absolute atomic E-state index is 0.907. The smallest absolute Gasteiger partial charge is 0.0522 e. The van der Waals surface area contributed by atoms with Crippen LogP contribution in [0, 0.1) is 0 Å². The van der Waals surface area contributed by atoms with E-state index >= 15 is 0 Å². The summed E-state index contributed by atoms with van der Waals surface area (Å²) in [6.45, 7) is 5.11. The van der Waals surface area contributed by atoms with Crippen LogP contribution >= 0.6 is 11.3 Å². The topological polar surface area (TPSA) is 29.9 Å². The lowest BCUT2D eigenvalue weighted by Gasteiger charge is -2.07. The lowest BCUT2D eigenvalue weighted by Crippen LogP contribution is -2.19. The first-order valence-electron chi connectivity index (χ1n) is 6.12. The van der Waals surface area contributed by atoms with Crippen LogP contribution in [0.1, 0.15) is 24.6 Å². The first kappa shape index (κ1) is 12.3. The minimum atomic E-state index is 0.907. The molecule has 92 valence electrons. The second kappa shape index (κ2) is 6.57. The number of aryl methyl sites for hydroxylation is 1. The van der Waals surface area contributed by atoms with E-state index in [2.05, 4.69) is 44.9 Å². The molecule has 2 aromatic heterocycles. The zero-order chi connectivity index (χ0) is 11.9. The van der Waals surface area contributed by atoms with Crippen LogP contribution in [0.5, 0.6) is 0 Å². The van der Waals surface area contributed by atoms with E-state index in [-0.39, 0.29) is 0 Å². The quantitative estimate of drug-likeness (QED) is 0.765. The molecular formula is C13H19N3S. The Balaban J connectivity index is 1.72. The summed E-state index contributed by atoms with van der Waals surface area (Å²) in [7, 11) is 0. The third-order valence-corrected chi connectivity index (χ3v) is 3.45. The number of nitrogens with one attached hydrogen (secondary N) is 1. The molecule has 0 aliphatic heterocycles. The Kier molecular flexibility index (Phi) is 4.76. The van der Waals surface area contributed by atoms with Crippen LogP contribution in [0.3, 0.4) is 0 Å². The third kappa shape index (κ3) is 3.68. The van der Waals surface area contributed by atoms with Gasteiger partial charge in [0.2, 0.25) is 0 Å². The molecular weight excluding hydrogens is 230 g/mol. The second-order valence-electron chi connectivity index (χ2n) is 4.10. The molecule has 0 fully saturated rings. The number of hydrogen-bond donors (Lipinski definition) is 1. The predicted octanol–water partition coefficient (Wildman–Crippen LogP) is 2.69. The molecule has 3 nitrogen and oxygen atoms in total. The Morgan fingerprint density at radius 3 is 3.12 bits per heavy atom. The van der Waals surface area contributed by atoms with Gasteiger partial charge in [-0.3, -0.25) is 4.68 Å². The summed E-state index contributed by atoms with van der Waals surface area (Å²) in [6, 6.07) is 4.28. The van der Waals surface area contributed by atoms with Crippen LogP contribution in [0.2, 0.25) is 0 Å². The van der Waals surface area contributed by atoms with Gasteiger partial charge in [-0.1, -0.05) is 6.92 Å². The van der Waals surface area contributed by atoms with E-state index in [1.807, 2.05) is 6.20 Å². The SMILES string of the molecule is CCCn1nccc1CNCCc1ccsc1. The molecule has 0 aromatic carbocycles. The van der Waals surface area contributed by atoms with Crippen molar-refractivity contribution in [1.29, 1.82) is 0 Å². The minimum Gasteiger partial charge on any atom is -0.311 e. The molecule has 0 aliphatic carbocycles. The molecule has 0 aliphatic rings. The van der Waals surface area contributed by atoms with Crippen molar-refractivity contribution < 1.29 is 0 Å². The zero-order valence-electron chi connectivity index (χ0n) is 10.2. The van der Waals surface area contributed by atoms with E-state index < -0.39 is 0 Å². The van der Waals surface area contributed by atoms with Crippen LogP contribution in [-0.4, -0.2) is 16.3 Å². The molecule has 0 spiro atoms. The highest BCUT2D eigenvalue weighted by atomic mass is 32.1. The Labute approximate surface area is 106 Å². The van der Waals surface area contributed by atoms with Gasteiger partial charge in [-0.15, -0.1) is 0 Å². The molecule has 0 amide bonds. The van der Waals surface area contributed by atoms with Gasteiger partial charge >= 0.3 is 0 Å². The van der Waals surface area contributed by atoms with Crippen molar-refractivity contribution in [3.8, 4) is 0 Å². The van der Waals surface area contributed by atoms with E-state index in [9.17, 15) is 0 Å². The van der Waals surface area contributed by atoms with E-state index in [1.165, 1.54) is 11.3 Å². The molecule has 17 heavy (non-hydrogen) atoms. The summed E-state index contributed by atoms with van der Waals surface area (Å²) in [5, 5.41) is 12.1. The third-order valence-electron chi connectivity index (χ3n) is 2.72. The Hall–Kier alpha value is -1.13. The Morgan fingerprint density at radius 2 is 2.35 bits per heavy atom. The summed E-state index contributed by atoms with van der Waals surface area (Å²) >= 11 is 1.76. The van der Waals surface area contributed by atoms with Crippen LogP contribution in [-0.2, 0) is 19.5 Å². The monoisotopic (exact) mass is 249 g/mol. The van der Waals surface area contributed by atoms with Crippen molar-refractivity contribution in [3.05, 3.63) is 40.3 Å². The van der Waals surface area contributed by atoms with Crippen LogP contribution in [0.15, 0.2) is 29.1 Å². The predicted molar refractivity (Wildman–Crippen MR) is 72.2 cm³/mol. The van der Waals surface area contributed by atoms with Gasteiger partial charge in [0, 0.05) is 19.3 Å². The van der Waals surface area contributed by atoms with Crippen molar-refractivity contribution in [3.63, 3.8) is 0 Å². The van der Waals surface area contributed by atoms with Crippen LogP contribution < -0.4 is 5.32 Å². The first-order chi connectivity index (χ1) is 8.40. The Morgan fingerprint density at radius 1 is 1.41 bits per heavy atom. The maximum Gasteiger partial charge on any atom is 0.0522 e. The summed E-state index contributed by atoms with van der Waals surface area (Å²) in [5.74, 6) is 0. The van der Waals surface area contributed by atoms with Crippen molar-refractivity contribution in [2.75, 3.05) is 6.54 Å². The maximum absolute atomic E-state index is 4.31. The number of hydrogen-bond acceptors (Lipinski definition) is 3. The highest BCUT2D eigenvalue weighted by Gasteiger charge is 2.00. The number of aromatic nitrogens is 2. The van der Waals surface area contributed by atoms with E-state index in [0.717, 1.165) is 32.5 Å². The van der Waals surface area contributed by atoms with Gasteiger partial charge in [-0.25, -0.2) is 0 Å². The standard InChI is InChI=1S/C13H19N3S/c1-2-8-16-13(4-7-15-16)10-14-6-3-12-5-9-17-11-12/h4-5,7,9,11,14H,2-3,6,8,10H2,1H3. The van der Waals surface area contributed by atoms with Crippen molar-refractivity contribution in [2.24, 2.45) is 0 Å². The van der Waals surface area contributed by atoms with Crippen LogP contribution in [0.4, 0.5) is 0 Å². The summed E-state index contributed by atoms with van der Waals surface area (Å²) in [4.78, 5) is 0. The van der Waals surface area contributed by atoms with Gasteiger partial charge in [-0.2, -0.15) is 16.4 Å². The fourth-order valence-electron chi connectivity index (χ4n) is 1.81. The number of thiophene rings is 1. The molecule has 1 N–H and O–H groups in total. The molecule has 0 atom stereocenters. The number of rotatable bonds is 7. The normalized spacial score (nSPS) is 10.9. The summed E-state index contributed by atoms with van der Waals surface area (Å²) in [6.07, 6.45) is 4.11. The molecule has 2 heterocycles.